The third kappa shape index (κ3) is 5.09. The largest absolute Gasteiger partial charge is 0.345 e. The van der Waals surface area contributed by atoms with Gasteiger partial charge in [-0.05, 0) is 20.0 Å². The maximum Gasteiger partial charge on any atom is 0.277 e. The van der Waals surface area contributed by atoms with Crippen LogP contribution in [0.15, 0.2) is 12.4 Å². The van der Waals surface area contributed by atoms with Crippen molar-refractivity contribution in [1.82, 2.24) is 25.7 Å². The Morgan fingerprint density at radius 1 is 1.29 bits per heavy atom. The number of hydrogen-bond acceptors (Lipinski definition) is 6. The molecule has 21 heavy (non-hydrogen) atoms. The van der Waals surface area contributed by atoms with E-state index in [1.54, 1.807) is 4.90 Å². The molecule has 0 saturated heterocycles. The molecule has 1 heterocycles. The quantitative estimate of drug-likeness (QED) is 0.502. The number of amides is 2. The Kier molecular flexibility index (Phi) is 6.19. The van der Waals surface area contributed by atoms with Crippen molar-refractivity contribution < 1.29 is 14.8 Å². The van der Waals surface area contributed by atoms with Crippen LogP contribution in [0.4, 0.5) is 0 Å². The lowest BCUT2D eigenvalue weighted by atomic mass is 10.0. The van der Waals surface area contributed by atoms with Gasteiger partial charge in [0.2, 0.25) is 5.91 Å². The first kappa shape index (κ1) is 17.0. The number of carbonyl (C=O) groups excluding carboxylic acids is 2. The van der Waals surface area contributed by atoms with Gasteiger partial charge < -0.3 is 10.2 Å². The molecule has 0 radical (unpaired) electrons. The molecular weight excluding hydrogens is 274 g/mol. The summed E-state index contributed by atoms with van der Waals surface area (Å²) in [6, 6.07) is -0.344. The monoisotopic (exact) mass is 295 g/mol. The second-order valence-corrected chi connectivity index (χ2v) is 5.30. The second kappa shape index (κ2) is 7.65. The lowest BCUT2D eigenvalue weighted by molar-refractivity contribution is -0.122. The SMILES string of the molecule is CC(C)[C@H](NC(=O)CN(C)C)c1ncc(C(=O)NO)cn1. The van der Waals surface area contributed by atoms with Crippen LogP contribution in [0, 0.1) is 5.92 Å². The predicted octanol–water partition coefficient (Wildman–Crippen LogP) is -0.0295. The maximum atomic E-state index is 11.9. The summed E-state index contributed by atoms with van der Waals surface area (Å²) in [5.74, 6) is -0.293. The van der Waals surface area contributed by atoms with E-state index in [-0.39, 0.29) is 30.0 Å². The molecule has 0 aromatic carbocycles. The van der Waals surface area contributed by atoms with Gasteiger partial charge in [0.15, 0.2) is 5.82 Å². The highest BCUT2D eigenvalue weighted by Gasteiger charge is 2.21. The summed E-state index contributed by atoms with van der Waals surface area (Å²) >= 11 is 0. The molecule has 1 aromatic rings. The summed E-state index contributed by atoms with van der Waals surface area (Å²) in [5, 5.41) is 11.4. The first-order valence-electron chi connectivity index (χ1n) is 6.55. The molecule has 3 N–H and O–H groups in total. The van der Waals surface area contributed by atoms with Gasteiger partial charge >= 0.3 is 0 Å². The third-order valence-corrected chi connectivity index (χ3v) is 2.76. The molecule has 1 atom stereocenters. The topological polar surface area (TPSA) is 107 Å². The van der Waals surface area contributed by atoms with Crippen LogP contribution in [-0.2, 0) is 4.79 Å². The number of hydrogen-bond donors (Lipinski definition) is 3. The fourth-order valence-electron chi connectivity index (χ4n) is 1.72. The molecule has 0 aliphatic rings. The van der Waals surface area contributed by atoms with E-state index in [1.807, 2.05) is 27.9 Å². The predicted molar refractivity (Wildman–Crippen MR) is 75.6 cm³/mol. The Morgan fingerprint density at radius 3 is 2.29 bits per heavy atom. The minimum Gasteiger partial charge on any atom is -0.345 e. The molecule has 8 nitrogen and oxygen atoms in total. The third-order valence-electron chi connectivity index (χ3n) is 2.76. The standard InChI is InChI=1S/C13H21N5O3/c1-8(2)11(16-10(19)7-18(3)4)12-14-5-9(6-15-12)13(20)17-21/h5-6,8,11,21H,7H2,1-4H3,(H,16,19)(H,17,20)/t11-/m0/s1. The van der Waals surface area contributed by atoms with Crippen LogP contribution in [0.5, 0.6) is 0 Å². The molecule has 0 fully saturated rings. The van der Waals surface area contributed by atoms with Crippen LogP contribution in [-0.4, -0.2) is 52.5 Å². The van der Waals surface area contributed by atoms with Crippen molar-refractivity contribution in [3.8, 4) is 0 Å². The van der Waals surface area contributed by atoms with Crippen molar-refractivity contribution >= 4 is 11.8 Å². The Balaban J connectivity index is 2.86. The molecule has 0 unspecified atom stereocenters. The zero-order valence-corrected chi connectivity index (χ0v) is 12.6. The van der Waals surface area contributed by atoms with Gasteiger partial charge in [-0.15, -0.1) is 0 Å². The molecule has 1 aromatic heterocycles. The van der Waals surface area contributed by atoms with E-state index in [0.717, 1.165) is 0 Å². The van der Waals surface area contributed by atoms with Crippen molar-refractivity contribution in [2.45, 2.75) is 19.9 Å². The van der Waals surface area contributed by atoms with Gasteiger partial charge in [-0.25, -0.2) is 15.4 Å². The van der Waals surface area contributed by atoms with Gasteiger partial charge in [-0.2, -0.15) is 0 Å². The van der Waals surface area contributed by atoms with Crippen molar-refractivity contribution in [1.29, 1.82) is 0 Å². The fourth-order valence-corrected chi connectivity index (χ4v) is 1.72. The zero-order valence-electron chi connectivity index (χ0n) is 12.6. The zero-order chi connectivity index (χ0) is 16.0. The maximum absolute atomic E-state index is 11.9. The van der Waals surface area contributed by atoms with E-state index in [2.05, 4.69) is 15.3 Å². The smallest absolute Gasteiger partial charge is 0.277 e. The summed E-state index contributed by atoms with van der Waals surface area (Å²) in [6.07, 6.45) is 2.61. The molecule has 0 saturated carbocycles. The second-order valence-electron chi connectivity index (χ2n) is 5.30. The number of rotatable bonds is 6. The minimum atomic E-state index is -0.681. The number of aromatic nitrogens is 2. The lowest BCUT2D eigenvalue weighted by Gasteiger charge is -2.22. The Hall–Kier alpha value is -2.06. The van der Waals surface area contributed by atoms with E-state index >= 15 is 0 Å². The van der Waals surface area contributed by atoms with Gasteiger partial charge in [0, 0.05) is 12.4 Å². The molecule has 2 amide bonds. The molecule has 0 bridgehead atoms. The van der Waals surface area contributed by atoms with Crippen LogP contribution in [0.25, 0.3) is 0 Å². The molecule has 0 aliphatic carbocycles. The average molecular weight is 295 g/mol. The van der Waals surface area contributed by atoms with E-state index in [9.17, 15) is 9.59 Å². The number of nitrogens with zero attached hydrogens (tertiary/aromatic N) is 3. The molecule has 0 spiro atoms. The lowest BCUT2D eigenvalue weighted by Crippen LogP contribution is -2.38. The number of hydroxylamine groups is 1. The first-order chi connectivity index (χ1) is 9.85. The Labute approximate surface area is 123 Å². The van der Waals surface area contributed by atoms with E-state index in [1.165, 1.54) is 17.9 Å². The van der Waals surface area contributed by atoms with Crippen molar-refractivity contribution in [2.24, 2.45) is 5.92 Å². The van der Waals surface area contributed by atoms with Crippen LogP contribution >= 0.6 is 0 Å². The number of nitrogens with one attached hydrogen (secondary N) is 2. The summed E-state index contributed by atoms with van der Waals surface area (Å²) in [6.45, 7) is 4.16. The highest BCUT2D eigenvalue weighted by atomic mass is 16.5. The van der Waals surface area contributed by atoms with Gasteiger partial charge in [0.25, 0.3) is 5.91 Å². The highest BCUT2D eigenvalue weighted by molar-refractivity contribution is 5.92. The summed E-state index contributed by atoms with van der Waals surface area (Å²) in [5.41, 5.74) is 1.65. The highest BCUT2D eigenvalue weighted by Crippen LogP contribution is 2.17. The molecular formula is C13H21N5O3. The molecule has 116 valence electrons. The van der Waals surface area contributed by atoms with Crippen LogP contribution < -0.4 is 10.8 Å². The van der Waals surface area contributed by atoms with Crippen molar-refractivity contribution in [3.63, 3.8) is 0 Å². The van der Waals surface area contributed by atoms with E-state index < -0.39 is 5.91 Å². The summed E-state index contributed by atoms with van der Waals surface area (Å²) < 4.78 is 0. The van der Waals surface area contributed by atoms with Crippen LogP contribution in [0.2, 0.25) is 0 Å². The molecule has 8 heteroatoms. The van der Waals surface area contributed by atoms with Crippen LogP contribution in [0.1, 0.15) is 36.1 Å². The average Bonchev–Trinajstić information content (AvgIpc) is 2.43. The first-order valence-corrected chi connectivity index (χ1v) is 6.55. The van der Waals surface area contributed by atoms with Gasteiger partial charge in [0.05, 0.1) is 18.2 Å². The number of carbonyl (C=O) groups is 2. The minimum absolute atomic E-state index is 0.0913. The van der Waals surface area contributed by atoms with E-state index in [0.29, 0.717) is 5.82 Å². The number of likely N-dealkylation sites (N-methyl/N-ethyl adjacent to an activating group) is 1. The van der Waals surface area contributed by atoms with E-state index in [4.69, 9.17) is 5.21 Å². The van der Waals surface area contributed by atoms with Crippen molar-refractivity contribution in [3.05, 3.63) is 23.8 Å². The molecule has 0 aliphatic heterocycles. The van der Waals surface area contributed by atoms with Gasteiger partial charge in [-0.3, -0.25) is 14.8 Å². The normalized spacial score (nSPS) is 12.3. The summed E-state index contributed by atoms with van der Waals surface area (Å²) in [4.78, 5) is 33.0. The Morgan fingerprint density at radius 2 is 1.86 bits per heavy atom. The Bertz CT molecular complexity index is 487. The van der Waals surface area contributed by atoms with Crippen LogP contribution in [0.3, 0.4) is 0 Å². The van der Waals surface area contributed by atoms with Gasteiger partial charge in [-0.1, -0.05) is 13.8 Å². The van der Waals surface area contributed by atoms with Gasteiger partial charge in [0.1, 0.15) is 0 Å². The molecule has 1 rings (SSSR count). The van der Waals surface area contributed by atoms with Crippen molar-refractivity contribution in [2.75, 3.05) is 20.6 Å². The summed E-state index contributed by atoms with van der Waals surface area (Å²) in [7, 11) is 3.62. The fraction of sp³-hybridized carbons (Fsp3) is 0.538.